The van der Waals surface area contributed by atoms with Crippen molar-refractivity contribution in [1.29, 1.82) is 0 Å². The molecule has 2 atom stereocenters. The van der Waals surface area contributed by atoms with Crippen LogP contribution in [0.5, 0.6) is 0 Å². The average Bonchev–Trinajstić information content (AvgIpc) is 2.70. The summed E-state index contributed by atoms with van der Waals surface area (Å²) in [6, 6.07) is 9.84. The molecule has 0 saturated carbocycles. The van der Waals surface area contributed by atoms with Crippen molar-refractivity contribution in [3.8, 4) is 0 Å². The summed E-state index contributed by atoms with van der Waals surface area (Å²) in [7, 11) is 1.75. The molecule has 0 radical (unpaired) electrons. The van der Waals surface area contributed by atoms with Crippen LogP contribution in [-0.4, -0.2) is 31.1 Å². The Balaban J connectivity index is 2.34. The zero-order chi connectivity index (χ0) is 15.2. The highest BCUT2D eigenvalue weighted by atomic mass is 16.5. The quantitative estimate of drug-likeness (QED) is 0.904. The Morgan fingerprint density at radius 2 is 2.14 bits per heavy atom. The van der Waals surface area contributed by atoms with Gasteiger partial charge in [-0.1, -0.05) is 30.7 Å². The summed E-state index contributed by atoms with van der Waals surface area (Å²) in [4.78, 5) is 2.64. The average molecular weight is 290 g/mol. The molecule has 2 N–H and O–H groups in total. The third-order valence-corrected chi connectivity index (χ3v) is 4.61. The second kappa shape index (κ2) is 7.92. The molecular weight excluding hydrogens is 260 g/mol. The number of nitrogens with zero attached hydrogens (tertiary/aromatic N) is 1. The van der Waals surface area contributed by atoms with Gasteiger partial charge in [-0.15, -0.1) is 0 Å². The number of hydrogen-bond acceptors (Lipinski definition) is 3. The van der Waals surface area contributed by atoms with E-state index in [1.54, 1.807) is 7.11 Å². The Morgan fingerprint density at radius 1 is 1.33 bits per heavy atom. The van der Waals surface area contributed by atoms with Gasteiger partial charge in [-0.2, -0.15) is 0 Å². The first-order chi connectivity index (χ1) is 10.2. The van der Waals surface area contributed by atoms with E-state index in [1.807, 2.05) is 0 Å². The lowest BCUT2D eigenvalue weighted by Crippen LogP contribution is -2.39. The molecule has 2 rings (SSSR count). The molecule has 1 heterocycles. The number of ether oxygens (including phenoxy) is 1. The van der Waals surface area contributed by atoms with Crippen LogP contribution in [0.3, 0.4) is 0 Å². The van der Waals surface area contributed by atoms with Gasteiger partial charge in [0.2, 0.25) is 0 Å². The first kappa shape index (κ1) is 16.5. The molecule has 2 unspecified atom stereocenters. The van der Waals surface area contributed by atoms with Gasteiger partial charge in [-0.3, -0.25) is 4.90 Å². The zero-order valence-corrected chi connectivity index (χ0v) is 13.7. The molecule has 21 heavy (non-hydrogen) atoms. The van der Waals surface area contributed by atoms with Crippen molar-refractivity contribution in [2.24, 2.45) is 11.7 Å². The van der Waals surface area contributed by atoms with Crippen molar-refractivity contribution in [3.63, 3.8) is 0 Å². The molecule has 1 aromatic rings. The maximum atomic E-state index is 6.11. The number of hydrogen-bond donors (Lipinski definition) is 1. The molecular formula is C18H30N2O. The van der Waals surface area contributed by atoms with E-state index >= 15 is 0 Å². The molecule has 1 aliphatic rings. The molecule has 118 valence electrons. The fourth-order valence-corrected chi connectivity index (χ4v) is 3.59. The third kappa shape index (κ3) is 4.06. The molecule has 0 amide bonds. The lowest BCUT2D eigenvalue weighted by Gasteiger charge is -2.38. The van der Waals surface area contributed by atoms with Gasteiger partial charge in [0, 0.05) is 19.2 Å². The van der Waals surface area contributed by atoms with E-state index in [9.17, 15) is 0 Å². The minimum absolute atomic E-state index is 0.439. The molecule has 1 fully saturated rings. The first-order valence-corrected chi connectivity index (χ1v) is 8.21. The monoisotopic (exact) mass is 290 g/mol. The molecule has 0 bridgehead atoms. The largest absolute Gasteiger partial charge is 0.380 e. The molecule has 1 saturated heterocycles. The van der Waals surface area contributed by atoms with Crippen molar-refractivity contribution < 1.29 is 4.74 Å². The summed E-state index contributed by atoms with van der Waals surface area (Å²) in [6.07, 6.45) is 3.81. The first-order valence-electron chi connectivity index (χ1n) is 8.21. The van der Waals surface area contributed by atoms with Crippen LogP contribution in [0, 0.1) is 5.92 Å². The van der Waals surface area contributed by atoms with Gasteiger partial charge >= 0.3 is 0 Å². The Bertz CT molecular complexity index is 433. The van der Waals surface area contributed by atoms with Gasteiger partial charge in [0.15, 0.2) is 0 Å². The van der Waals surface area contributed by atoms with Crippen LogP contribution in [-0.2, 0) is 11.3 Å². The molecule has 0 spiro atoms. The Hall–Kier alpha value is -0.900. The Kier molecular flexibility index (Phi) is 6.22. The zero-order valence-electron chi connectivity index (χ0n) is 13.7. The summed E-state index contributed by atoms with van der Waals surface area (Å²) in [5, 5.41) is 0. The second-order valence-electron chi connectivity index (χ2n) is 6.45. The van der Waals surface area contributed by atoms with Gasteiger partial charge in [-0.05, 0) is 56.8 Å². The van der Waals surface area contributed by atoms with Gasteiger partial charge in [0.05, 0.1) is 6.61 Å². The highest BCUT2D eigenvalue weighted by Gasteiger charge is 2.31. The Morgan fingerprint density at radius 3 is 2.81 bits per heavy atom. The van der Waals surface area contributed by atoms with Crippen LogP contribution < -0.4 is 5.73 Å². The van der Waals surface area contributed by atoms with Crippen molar-refractivity contribution >= 4 is 0 Å². The van der Waals surface area contributed by atoms with Crippen molar-refractivity contribution in [2.75, 3.05) is 20.2 Å². The summed E-state index contributed by atoms with van der Waals surface area (Å²) in [6.45, 7) is 7.21. The van der Waals surface area contributed by atoms with E-state index in [0.29, 0.717) is 24.6 Å². The normalized spacial score (nSPS) is 24.2. The van der Waals surface area contributed by atoms with Crippen LogP contribution in [0.25, 0.3) is 0 Å². The van der Waals surface area contributed by atoms with Crippen LogP contribution in [0.15, 0.2) is 24.3 Å². The summed E-state index contributed by atoms with van der Waals surface area (Å²) in [5.74, 6) is 0.549. The summed E-state index contributed by atoms with van der Waals surface area (Å²) >= 11 is 0. The van der Waals surface area contributed by atoms with Gasteiger partial charge < -0.3 is 10.5 Å². The number of nitrogens with two attached hydrogens (primary N) is 1. The van der Waals surface area contributed by atoms with Crippen LogP contribution >= 0.6 is 0 Å². The fourth-order valence-electron chi connectivity index (χ4n) is 3.59. The summed E-state index contributed by atoms with van der Waals surface area (Å²) in [5.41, 5.74) is 8.76. The minimum Gasteiger partial charge on any atom is -0.380 e. The number of methoxy groups -OCH3 is 1. The second-order valence-corrected chi connectivity index (χ2v) is 6.45. The summed E-state index contributed by atoms with van der Waals surface area (Å²) < 4.78 is 5.28. The van der Waals surface area contributed by atoms with E-state index in [4.69, 9.17) is 10.5 Å². The van der Waals surface area contributed by atoms with Gasteiger partial charge in [0.1, 0.15) is 0 Å². The highest BCUT2D eigenvalue weighted by molar-refractivity contribution is 5.27. The van der Waals surface area contributed by atoms with Gasteiger partial charge in [0.25, 0.3) is 0 Å². The molecule has 0 aliphatic carbocycles. The lowest BCUT2D eigenvalue weighted by molar-refractivity contribution is 0.121. The number of rotatable bonds is 5. The number of benzene rings is 1. The van der Waals surface area contributed by atoms with Crippen LogP contribution in [0.2, 0.25) is 0 Å². The lowest BCUT2D eigenvalue weighted by atomic mass is 9.88. The molecule has 1 aromatic carbocycles. The topological polar surface area (TPSA) is 38.5 Å². The highest BCUT2D eigenvalue weighted by Crippen LogP contribution is 2.36. The predicted molar refractivity (Wildman–Crippen MR) is 88.1 cm³/mol. The van der Waals surface area contributed by atoms with Crippen molar-refractivity contribution in [2.45, 2.75) is 51.8 Å². The molecule has 3 heteroatoms. The van der Waals surface area contributed by atoms with Crippen molar-refractivity contribution in [3.05, 3.63) is 35.4 Å². The fraction of sp³-hybridized carbons (Fsp3) is 0.667. The SMILES string of the molecule is COCc1cccc(C2C(CN)CCCCN2C(C)C)c1. The van der Waals surface area contributed by atoms with Gasteiger partial charge in [-0.25, -0.2) is 0 Å². The Labute approximate surface area is 129 Å². The maximum Gasteiger partial charge on any atom is 0.0713 e. The van der Waals surface area contributed by atoms with E-state index in [1.165, 1.54) is 36.9 Å². The van der Waals surface area contributed by atoms with Crippen molar-refractivity contribution in [1.82, 2.24) is 4.90 Å². The third-order valence-electron chi connectivity index (χ3n) is 4.61. The van der Waals surface area contributed by atoms with E-state index in [2.05, 4.69) is 43.0 Å². The standard InChI is InChI=1S/C18H30N2O/c1-14(2)20-10-5-4-8-17(12-19)18(20)16-9-6-7-15(11-16)13-21-3/h6-7,9,11,14,17-18H,4-5,8,10,12-13,19H2,1-3H3. The molecule has 3 nitrogen and oxygen atoms in total. The van der Waals surface area contributed by atoms with E-state index < -0.39 is 0 Å². The smallest absolute Gasteiger partial charge is 0.0713 e. The van der Waals surface area contributed by atoms with Crippen LogP contribution in [0.4, 0.5) is 0 Å². The predicted octanol–water partition coefficient (Wildman–Crippen LogP) is 3.34. The number of likely N-dealkylation sites (tertiary alicyclic amines) is 1. The van der Waals surface area contributed by atoms with E-state index in [-0.39, 0.29) is 0 Å². The molecule has 1 aliphatic heterocycles. The van der Waals surface area contributed by atoms with Crippen LogP contribution in [0.1, 0.15) is 50.3 Å². The maximum absolute atomic E-state index is 6.11. The minimum atomic E-state index is 0.439. The van der Waals surface area contributed by atoms with E-state index in [0.717, 1.165) is 6.54 Å². The molecule has 0 aromatic heterocycles.